The smallest absolute Gasteiger partial charge is 0.111 e. The molecule has 1 rings (SSSR count). The normalized spacial score (nSPS) is 11.9. The third kappa shape index (κ3) is 3.86. The highest BCUT2D eigenvalue weighted by Crippen LogP contribution is 2.00. The van der Waals surface area contributed by atoms with Crippen molar-refractivity contribution in [2.45, 2.75) is 6.42 Å². The van der Waals surface area contributed by atoms with Gasteiger partial charge in [-0.15, -0.1) is 0 Å². The maximum Gasteiger partial charge on any atom is 0.111 e. The Hall–Kier alpha value is -1.14. The van der Waals surface area contributed by atoms with E-state index in [9.17, 15) is 4.21 Å². The van der Waals surface area contributed by atoms with Crippen LogP contribution in [0, 0.1) is 11.3 Å². The van der Waals surface area contributed by atoms with Crippen molar-refractivity contribution in [1.29, 1.82) is 5.26 Å². The first-order valence-corrected chi connectivity index (χ1v) is 5.57. The molecule has 0 spiro atoms. The van der Waals surface area contributed by atoms with Crippen molar-refractivity contribution in [1.82, 2.24) is 0 Å². The van der Waals surface area contributed by atoms with Crippen LogP contribution in [0.4, 0.5) is 0 Å². The minimum atomic E-state index is -0.982. The number of aryl methyl sites for hydroxylation is 1. The summed E-state index contributed by atoms with van der Waals surface area (Å²) >= 11 is 0. The molecule has 0 aliphatic rings. The van der Waals surface area contributed by atoms with Gasteiger partial charge in [0.05, 0.1) is 6.07 Å². The Morgan fingerprint density at radius 3 is 2.62 bits per heavy atom. The molecule has 0 aromatic heterocycles. The molecule has 13 heavy (non-hydrogen) atoms. The zero-order valence-corrected chi connectivity index (χ0v) is 8.09. The Bertz CT molecular complexity index is 315. The topological polar surface area (TPSA) is 40.9 Å². The molecule has 0 unspecified atom stereocenters. The van der Waals surface area contributed by atoms with Crippen LogP contribution in [0.15, 0.2) is 30.3 Å². The first-order valence-electron chi connectivity index (χ1n) is 4.09. The summed E-state index contributed by atoms with van der Waals surface area (Å²) in [5.41, 5.74) is 1.17. The van der Waals surface area contributed by atoms with Crippen LogP contribution in [0.2, 0.25) is 0 Å². The van der Waals surface area contributed by atoms with E-state index >= 15 is 0 Å². The van der Waals surface area contributed by atoms with Gasteiger partial charge in [-0.05, 0) is 12.0 Å². The highest BCUT2D eigenvalue weighted by atomic mass is 32.2. The van der Waals surface area contributed by atoms with Crippen LogP contribution in [0.1, 0.15) is 5.56 Å². The second kappa shape index (κ2) is 5.50. The van der Waals surface area contributed by atoms with E-state index in [2.05, 4.69) is 0 Å². The van der Waals surface area contributed by atoms with Crippen molar-refractivity contribution in [3.8, 4) is 6.07 Å². The molecule has 0 fully saturated rings. The van der Waals surface area contributed by atoms with Crippen LogP contribution in [-0.2, 0) is 17.2 Å². The van der Waals surface area contributed by atoms with Gasteiger partial charge in [0.2, 0.25) is 0 Å². The lowest BCUT2D eigenvalue weighted by Gasteiger charge is -1.98. The number of hydrogen-bond acceptors (Lipinski definition) is 2. The molecule has 2 nitrogen and oxygen atoms in total. The molecular formula is C10H11NOS. The van der Waals surface area contributed by atoms with Crippen LogP contribution < -0.4 is 0 Å². The summed E-state index contributed by atoms with van der Waals surface area (Å²) in [6, 6.07) is 11.8. The highest BCUT2D eigenvalue weighted by molar-refractivity contribution is 7.85. The van der Waals surface area contributed by atoms with Crippen molar-refractivity contribution >= 4 is 10.8 Å². The lowest BCUT2D eigenvalue weighted by atomic mass is 10.2. The molecule has 0 amide bonds. The zero-order chi connectivity index (χ0) is 9.52. The monoisotopic (exact) mass is 193 g/mol. The van der Waals surface area contributed by atoms with E-state index in [1.165, 1.54) is 5.56 Å². The van der Waals surface area contributed by atoms with E-state index in [0.717, 1.165) is 6.42 Å². The molecule has 0 N–H and O–H groups in total. The minimum Gasteiger partial charge on any atom is -0.259 e. The Kier molecular flexibility index (Phi) is 4.20. The summed E-state index contributed by atoms with van der Waals surface area (Å²) in [6.07, 6.45) is 0.787. The summed E-state index contributed by atoms with van der Waals surface area (Å²) < 4.78 is 11.1. The summed E-state index contributed by atoms with van der Waals surface area (Å²) in [5.74, 6) is 0.727. The molecule has 0 heterocycles. The van der Waals surface area contributed by atoms with E-state index in [1.54, 1.807) is 0 Å². The maximum absolute atomic E-state index is 11.1. The maximum atomic E-state index is 11.1. The molecule has 0 aliphatic heterocycles. The molecule has 1 aromatic rings. The van der Waals surface area contributed by atoms with Crippen molar-refractivity contribution in [3.63, 3.8) is 0 Å². The molecule has 3 heteroatoms. The van der Waals surface area contributed by atoms with E-state index in [0.29, 0.717) is 5.75 Å². The lowest BCUT2D eigenvalue weighted by molar-refractivity contribution is 0.684. The molecule has 1 atom stereocenters. The van der Waals surface area contributed by atoms with Crippen LogP contribution in [-0.4, -0.2) is 15.7 Å². The number of benzene rings is 1. The molecule has 0 saturated carbocycles. The Balaban J connectivity index is 2.36. The number of nitrogens with zero attached hydrogens (tertiary/aromatic N) is 1. The van der Waals surface area contributed by atoms with Crippen LogP contribution >= 0.6 is 0 Å². The molecule has 0 bridgehead atoms. The fraction of sp³-hybridized carbons (Fsp3) is 0.300. The zero-order valence-electron chi connectivity index (χ0n) is 7.27. The van der Waals surface area contributed by atoms with Gasteiger partial charge in [0.1, 0.15) is 5.75 Å². The Morgan fingerprint density at radius 2 is 2.00 bits per heavy atom. The second-order valence-electron chi connectivity index (χ2n) is 2.68. The van der Waals surface area contributed by atoms with Crippen molar-refractivity contribution in [2.24, 2.45) is 0 Å². The molecule has 1 aromatic carbocycles. The van der Waals surface area contributed by atoms with Gasteiger partial charge in [-0.25, -0.2) is 0 Å². The average molecular weight is 193 g/mol. The predicted molar refractivity (Wildman–Crippen MR) is 53.6 cm³/mol. The lowest BCUT2D eigenvalue weighted by Crippen LogP contribution is -2.03. The van der Waals surface area contributed by atoms with Gasteiger partial charge in [0, 0.05) is 16.6 Å². The fourth-order valence-corrected chi connectivity index (χ4v) is 1.77. The van der Waals surface area contributed by atoms with Crippen molar-refractivity contribution in [2.75, 3.05) is 11.5 Å². The van der Waals surface area contributed by atoms with E-state index in [-0.39, 0.29) is 5.75 Å². The second-order valence-corrected chi connectivity index (χ2v) is 4.26. The summed E-state index contributed by atoms with van der Waals surface area (Å²) in [4.78, 5) is 0. The molecule has 68 valence electrons. The first-order chi connectivity index (χ1) is 6.33. The van der Waals surface area contributed by atoms with Crippen molar-refractivity contribution in [3.05, 3.63) is 35.9 Å². The largest absolute Gasteiger partial charge is 0.259 e. The fourth-order valence-electron chi connectivity index (χ4n) is 1.02. The van der Waals surface area contributed by atoms with Gasteiger partial charge in [-0.1, -0.05) is 30.3 Å². The standard InChI is InChI=1S/C10H11NOS/c11-7-9-13(12)8-6-10-4-2-1-3-5-10/h1-5H,6,8-9H2/t13-/m0/s1. The summed E-state index contributed by atoms with van der Waals surface area (Å²) in [5, 5.41) is 8.29. The van der Waals surface area contributed by atoms with Gasteiger partial charge in [-0.3, -0.25) is 4.21 Å². The third-order valence-electron chi connectivity index (χ3n) is 1.69. The number of rotatable bonds is 4. The predicted octanol–water partition coefficient (Wildman–Crippen LogP) is 1.50. The van der Waals surface area contributed by atoms with Crippen molar-refractivity contribution < 1.29 is 4.21 Å². The average Bonchev–Trinajstić information content (AvgIpc) is 2.17. The summed E-state index contributed by atoms with van der Waals surface area (Å²) in [6.45, 7) is 0. The third-order valence-corrected chi connectivity index (χ3v) is 2.80. The minimum absolute atomic E-state index is 0.146. The number of nitriles is 1. The quantitative estimate of drug-likeness (QED) is 0.727. The van der Waals surface area contributed by atoms with Crippen LogP contribution in [0.25, 0.3) is 0 Å². The first kappa shape index (κ1) is 9.94. The molecular weight excluding hydrogens is 182 g/mol. The Morgan fingerprint density at radius 1 is 1.31 bits per heavy atom. The van der Waals surface area contributed by atoms with Crippen LogP contribution in [0.3, 0.4) is 0 Å². The molecule has 0 aliphatic carbocycles. The van der Waals surface area contributed by atoms with Gasteiger partial charge in [-0.2, -0.15) is 5.26 Å². The van der Waals surface area contributed by atoms with E-state index in [1.807, 2.05) is 36.4 Å². The van der Waals surface area contributed by atoms with Crippen LogP contribution in [0.5, 0.6) is 0 Å². The molecule has 0 radical (unpaired) electrons. The van der Waals surface area contributed by atoms with Gasteiger partial charge in [0.25, 0.3) is 0 Å². The SMILES string of the molecule is N#CC[S@@](=O)CCc1ccccc1. The Labute approximate surface area is 80.7 Å². The molecule has 0 saturated heterocycles. The summed E-state index contributed by atoms with van der Waals surface area (Å²) in [7, 11) is -0.982. The van der Waals surface area contributed by atoms with Gasteiger partial charge in [0.15, 0.2) is 0 Å². The van der Waals surface area contributed by atoms with Gasteiger partial charge >= 0.3 is 0 Å². The highest BCUT2D eigenvalue weighted by Gasteiger charge is 1.98. The van der Waals surface area contributed by atoms with Gasteiger partial charge < -0.3 is 0 Å². The van der Waals surface area contributed by atoms with E-state index < -0.39 is 10.8 Å². The van der Waals surface area contributed by atoms with E-state index in [4.69, 9.17) is 5.26 Å². The number of hydrogen-bond donors (Lipinski definition) is 0.